The van der Waals surface area contributed by atoms with E-state index in [4.69, 9.17) is 16.9 Å². The molecule has 1 aromatic carbocycles. The van der Waals surface area contributed by atoms with Gasteiger partial charge in [-0.25, -0.2) is 0 Å². The largest absolute Gasteiger partial charge is 0.366 e. The first-order valence-electron chi connectivity index (χ1n) is 6.09. The average Bonchev–Trinajstić information content (AvgIpc) is 2.46. The summed E-state index contributed by atoms with van der Waals surface area (Å²) in [6.45, 7) is 3.65. The topological polar surface area (TPSA) is 39.9 Å². The van der Waals surface area contributed by atoms with Crippen molar-refractivity contribution < 1.29 is 0 Å². The maximum Gasteiger partial charge on any atom is 0.101 e. The van der Waals surface area contributed by atoms with E-state index in [1.807, 2.05) is 30.3 Å². The molecule has 0 saturated carbocycles. The summed E-state index contributed by atoms with van der Waals surface area (Å²) in [6, 6.07) is 13.4. The minimum Gasteiger partial charge on any atom is -0.366 e. The van der Waals surface area contributed by atoms with Crippen LogP contribution in [-0.2, 0) is 6.54 Å². The van der Waals surface area contributed by atoms with Crippen molar-refractivity contribution >= 4 is 17.3 Å². The molecule has 96 valence electrons. The summed E-state index contributed by atoms with van der Waals surface area (Å²) in [7, 11) is 0. The zero-order valence-electron chi connectivity index (χ0n) is 10.7. The first kappa shape index (κ1) is 13.4. The molecule has 0 aliphatic heterocycles. The Balaban J connectivity index is 2.23. The molecule has 1 heterocycles. The van der Waals surface area contributed by atoms with E-state index in [1.165, 1.54) is 0 Å². The lowest BCUT2D eigenvalue weighted by molar-refractivity contribution is 0.810. The molecule has 2 aromatic rings. The number of anilines is 1. The number of rotatable bonds is 4. The number of benzene rings is 1. The van der Waals surface area contributed by atoms with Gasteiger partial charge in [-0.3, -0.25) is 4.98 Å². The molecule has 0 amide bonds. The van der Waals surface area contributed by atoms with Crippen molar-refractivity contribution in [2.24, 2.45) is 0 Å². The summed E-state index contributed by atoms with van der Waals surface area (Å²) in [5.74, 6) is 0. The normalized spacial score (nSPS) is 9.95. The summed E-state index contributed by atoms with van der Waals surface area (Å²) in [6.07, 6.45) is 1.79. The van der Waals surface area contributed by atoms with Crippen LogP contribution in [0.2, 0.25) is 5.02 Å². The molecule has 0 bridgehead atoms. The third-order valence-electron chi connectivity index (χ3n) is 2.90. The van der Waals surface area contributed by atoms with Crippen LogP contribution in [-0.4, -0.2) is 11.5 Å². The van der Waals surface area contributed by atoms with Crippen LogP contribution in [0.5, 0.6) is 0 Å². The third-order valence-corrected chi connectivity index (χ3v) is 3.21. The van der Waals surface area contributed by atoms with Gasteiger partial charge in [0, 0.05) is 18.4 Å². The molecule has 4 heteroatoms. The van der Waals surface area contributed by atoms with E-state index in [0.29, 0.717) is 10.6 Å². The standard InChI is InChI=1S/C15H14ClN3/c1-2-19(11-13-5-3-4-8-18-13)14-7-6-12(10-17)15(16)9-14/h3-9H,2,11H2,1H3. The van der Waals surface area contributed by atoms with Crippen molar-refractivity contribution in [3.8, 4) is 6.07 Å². The van der Waals surface area contributed by atoms with Gasteiger partial charge in [-0.15, -0.1) is 0 Å². The Morgan fingerprint density at radius 1 is 1.32 bits per heavy atom. The maximum atomic E-state index is 8.88. The maximum absolute atomic E-state index is 8.88. The number of pyridine rings is 1. The monoisotopic (exact) mass is 271 g/mol. The van der Waals surface area contributed by atoms with E-state index < -0.39 is 0 Å². The van der Waals surface area contributed by atoms with Gasteiger partial charge in [-0.2, -0.15) is 5.26 Å². The van der Waals surface area contributed by atoms with Gasteiger partial charge in [-0.1, -0.05) is 17.7 Å². The van der Waals surface area contributed by atoms with Gasteiger partial charge < -0.3 is 4.90 Å². The molecule has 0 aliphatic rings. The molecule has 0 aliphatic carbocycles. The highest BCUT2D eigenvalue weighted by Crippen LogP contribution is 2.24. The van der Waals surface area contributed by atoms with Crippen molar-refractivity contribution in [2.75, 3.05) is 11.4 Å². The van der Waals surface area contributed by atoms with Crippen LogP contribution in [0.4, 0.5) is 5.69 Å². The van der Waals surface area contributed by atoms with Gasteiger partial charge in [0.05, 0.1) is 22.8 Å². The molecule has 19 heavy (non-hydrogen) atoms. The molecule has 0 atom stereocenters. The summed E-state index contributed by atoms with van der Waals surface area (Å²) in [5, 5.41) is 9.37. The number of aromatic nitrogens is 1. The fraction of sp³-hybridized carbons (Fsp3) is 0.200. The SMILES string of the molecule is CCN(Cc1ccccn1)c1ccc(C#N)c(Cl)c1. The van der Waals surface area contributed by atoms with Crippen molar-refractivity contribution in [1.82, 2.24) is 4.98 Å². The molecule has 2 rings (SSSR count). The summed E-state index contributed by atoms with van der Waals surface area (Å²) < 4.78 is 0. The quantitative estimate of drug-likeness (QED) is 0.852. The molecular weight excluding hydrogens is 258 g/mol. The van der Waals surface area contributed by atoms with E-state index >= 15 is 0 Å². The van der Waals surface area contributed by atoms with Gasteiger partial charge in [0.15, 0.2) is 0 Å². The van der Waals surface area contributed by atoms with Gasteiger partial charge in [0.2, 0.25) is 0 Å². The fourth-order valence-corrected chi connectivity index (χ4v) is 2.08. The van der Waals surface area contributed by atoms with Gasteiger partial charge in [0.25, 0.3) is 0 Å². The molecule has 0 unspecified atom stereocenters. The zero-order chi connectivity index (χ0) is 13.7. The first-order valence-corrected chi connectivity index (χ1v) is 6.47. The molecule has 0 N–H and O–H groups in total. The number of nitrogens with zero attached hydrogens (tertiary/aromatic N) is 3. The van der Waals surface area contributed by atoms with E-state index in [0.717, 1.165) is 24.5 Å². The van der Waals surface area contributed by atoms with Crippen LogP contribution in [0.1, 0.15) is 18.2 Å². The molecule has 0 radical (unpaired) electrons. The Labute approximate surface area is 118 Å². The van der Waals surface area contributed by atoms with Crippen LogP contribution >= 0.6 is 11.6 Å². The van der Waals surface area contributed by atoms with Crippen LogP contribution in [0.15, 0.2) is 42.6 Å². The number of hydrogen-bond acceptors (Lipinski definition) is 3. The second-order valence-corrected chi connectivity index (χ2v) is 4.52. The smallest absolute Gasteiger partial charge is 0.101 e. The van der Waals surface area contributed by atoms with E-state index in [9.17, 15) is 0 Å². The highest BCUT2D eigenvalue weighted by molar-refractivity contribution is 6.32. The van der Waals surface area contributed by atoms with Crippen molar-refractivity contribution in [3.05, 3.63) is 58.9 Å². The lowest BCUT2D eigenvalue weighted by atomic mass is 10.2. The van der Waals surface area contributed by atoms with Gasteiger partial charge in [-0.05, 0) is 37.3 Å². The van der Waals surface area contributed by atoms with E-state index in [1.54, 1.807) is 12.3 Å². The third kappa shape index (κ3) is 3.24. The van der Waals surface area contributed by atoms with Gasteiger partial charge >= 0.3 is 0 Å². The highest BCUT2D eigenvalue weighted by Gasteiger charge is 2.08. The van der Waals surface area contributed by atoms with Crippen molar-refractivity contribution in [2.45, 2.75) is 13.5 Å². The number of nitriles is 1. The molecule has 0 saturated heterocycles. The predicted octanol–water partition coefficient (Wildman–Crippen LogP) is 3.63. The van der Waals surface area contributed by atoms with Crippen molar-refractivity contribution in [1.29, 1.82) is 5.26 Å². The van der Waals surface area contributed by atoms with Crippen LogP contribution in [0.3, 0.4) is 0 Å². The summed E-state index contributed by atoms with van der Waals surface area (Å²) in [5.41, 5.74) is 2.50. The summed E-state index contributed by atoms with van der Waals surface area (Å²) >= 11 is 6.07. The van der Waals surface area contributed by atoms with Gasteiger partial charge in [0.1, 0.15) is 6.07 Å². The highest BCUT2D eigenvalue weighted by atomic mass is 35.5. The Kier molecular flexibility index (Phi) is 4.38. The number of hydrogen-bond donors (Lipinski definition) is 0. The fourth-order valence-electron chi connectivity index (χ4n) is 1.86. The second kappa shape index (κ2) is 6.21. The molecule has 0 fully saturated rings. The Morgan fingerprint density at radius 2 is 2.16 bits per heavy atom. The second-order valence-electron chi connectivity index (χ2n) is 4.11. The number of halogens is 1. The summed E-state index contributed by atoms with van der Waals surface area (Å²) in [4.78, 5) is 6.48. The average molecular weight is 272 g/mol. The lowest BCUT2D eigenvalue weighted by Crippen LogP contribution is -2.22. The Bertz CT molecular complexity index is 590. The minimum absolute atomic E-state index is 0.486. The first-order chi connectivity index (χ1) is 9.24. The molecular formula is C15H14ClN3. The van der Waals surface area contributed by atoms with Crippen LogP contribution < -0.4 is 4.90 Å². The zero-order valence-corrected chi connectivity index (χ0v) is 11.4. The van der Waals surface area contributed by atoms with E-state index in [-0.39, 0.29) is 0 Å². The van der Waals surface area contributed by atoms with Crippen LogP contribution in [0.25, 0.3) is 0 Å². The van der Waals surface area contributed by atoms with Crippen LogP contribution in [0, 0.1) is 11.3 Å². The van der Waals surface area contributed by atoms with Crippen molar-refractivity contribution in [3.63, 3.8) is 0 Å². The minimum atomic E-state index is 0.486. The lowest BCUT2D eigenvalue weighted by Gasteiger charge is -2.23. The predicted molar refractivity (Wildman–Crippen MR) is 77.1 cm³/mol. The molecule has 0 spiro atoms. The van der Waals surface area contributed by atoms with E-state index in [2.05, 4.69) is 22.9 Å². The Morgan fingerprint density at radius 3 is 2.74 bits per heavy atom. The molecule has 3 nitrogen and oxygen atoms in total. The Hall–Kier alpha value is -2.05. The molecule has 1 aromatic heterocycles.